The number of alkyl carbamates (subject to hydrolysis) is 1. The van der Waals surface area contributed by atoms with E-state index in [1.807, 2.05) is 6.08 Å². The van der Waals surface area contributed by atoms with Crippen LogP contribution in [0.3, 0.4) is 0 Å². The molecule has 20 heavy (non-hydrogen) atoms. The summed E-state index contributed by atoms with van der Waals surface area (Å²) in [6, 6.07) is 0.0794. The fourth-order valence-corrected chi connectivity index (χ4v) is 3.77. The van der Waals surface area contributed by atoms with Gasteiger partial charge in [0, 0.05) is 0 Å². The molecule has 3 aliphatic rings. The second-order valence-electron chi connectivity index (χ2n) is 6.24. The number of rotatable bonds is 4. The highest BCUT2D eigenvalue weighted by molar-refractivity contribution is 5.84. The maximum Gasteiger partial charge on any atom is 0.407 e. The summed E-state index contributed by atoms with van der Waals surface area (Å²) in [6.07, 6.45) is 11.7. The van der Waals surface area contributed by atoms with Crippen LogP contribution in [0.15, 0.2) is 24.3 Å². The number of amides is 1. The van der Waals surface area contributed by atoms with Crippen LogP contribution in [0.1, 0.15) is 32.6 Å². The van der Waals surface area contributed by atoms with Gasteiger partial charge in [0.2, 0.25) is 0 Å². The molecule has 4 nitrogen and oxygen atoms in total. The lowest BCUT2D eigenvalue weighted by molar-refractivity contribution is -0.130. The molecule has 0 saturated heterocycles. The first-order valence-electron chi connectivity index (χ1n) is 7.39. The first-order valence-corrected chi connectivity index (χ1v) is 7.39. The zero-order chi connectivity index (χ0) is 14.2. The third-order valence-electron chi connectivity index (χ3n) is 4.99. The number of carbonyl (C=O) groups is 2. The summed E-state index contributed by atoms with van der Waals surface area (Å²) in [5.41, 5.74) is -0.484. The highest BCUT2D eigenvalue weighted by atomic mass is 16.5. The molecule has 0 aliphatic heterocycles. The van der Waals surface area contributed by atoms with Crippen LogP contribution < -0.4 is 5.32 Å². The maximum absolute atomic E-state index is 12.1. The molecule has 1 amide bonds. The molecule has 0 radical (unpaired) electrons. The van der Waals surface area contributed by atoms with Crippen LogP contribution in [-0.2, 0) is 9.53 Å². The Labute approximate surface area is 119 Å². The van der Waals surface area contributed by atoms with Crippen LogP contribution in [0.25, 0.3) is 0 Å². The van der Waals surface area contributed by atoms with Gasteiger partial charge in [-0.25, -0.2) is 4.79 Å². The number of hydrogen-bond acceptors (Lipinski definition) is 3. The zero-order valence-corrected chi connectivity index (χ0v) is 11.8. The van der Waals surface area contributed by atoms with E-state index in [0.29, 0.717) is 5.92 Å². The summed E-state index contributed by atoms with van der Waals surface area (Å²) in [5, 5.41) is 2.83. The second-order valence-corrected chi connectivity index (χ2v) is 6.24. The molecule has 1 saturated carbocycles. The third kappa shape index (κ3) is 2.28. The minimum atomic E-state index is -0.484. The Morgan fingerprint density at radius 3 is 2.75 bits per heavy atom. The Kier molecular flexibility index (Phi) is 3.40. The fraction of sp³-hybridized carbons (Fsp3) is 0.625. The van der Waals surface area contributed by atoms with Crippen molar-refractivity contribution in [1.29, 1.82) is 0 Å². The van der Waals surface area contributed by atoms with Crippen molar-refractivity contribution in [2.45, 2.75) is 38.6 Å². The number of Topliss-reactive ketones (excluding diaryl/α,β-unsaturated/α-hetero) is 1. The normalized spacial score (nSPS) is 37.4. The largest absolute Gasteiger partial charge is 0.448 e. The van der Waals surface area contributed by atoms with Gasteiger partial charge in [0.05, 0.1) is 11.5 Å². The summed E-state index contributed by atoms with van der Waals surface area (Å²) in [7, 11) is 0. The molecular formula is C16H21NO3. The van der Waals surface area contributed by atoms with Crippen LogP contribution in [0, 0.1) is 17.3 Å². The Morgan fingerprint density at radius 2 is 2.20 bits per heavy atom. The number of nitrogens with one attached hydrogen (secondary N) is 1. The fourth-order valence-electron chi connectivity index (χ4n) is 3.77. The number of fused-ring (bicyclic) bond motifs is 2. The molecule has 108 valence electrons. The van der Waals surface area contributed by atoms with Gasteiger partial charge in [0.15, 0.2) is 0 Å². The molecule has 0 aromatic carbocycles. The summed E-state index contributed by atoms with van der Waals surface area (Å²) in [5.74, 6) is 0.861. The van der Waals surface area contributed by atoms with E-state index in [1.165, 1.54) is 0 Å². The molecule has 2 bridgehead atoms. The van der Waals surface area contributed by atoms with E-state index < -0.39 is 11.5 Å². The van der Waals surface area contributed by atoms with Crippen molar-refractivity contribution in [3.63, 3.8) is 0 Å². The molecular weight excluding hydrogens is 254 g/mol. The number of ether oxygens (including phenoxy) is 1. The van der Waals surface area contributed by atoms with Crippen molar-refractivity contribution in [1.82, 2.24) is 5.32 Å². The molecule has 0 spiro atoms. The lowest BCUT2D eigenvalue weighted by Gasteiger charge is -2.32. The molecule has 4 atom stereocenters. The van der Waals surface area contributed by atoms with Gasteiger partial charge in [-0.2, -0.15) is 0 Å². The van der Waals surface area contributed by atoms with Gasteiger partial charge in [0.1, 0.15) is 12.4 Å². The molecule has 4 heteroatoms. The SMILES string of the molecule is CC(=O)C1(COC(=O)NC2C=CCC2)CC2C=CC1C2. The van der Waals surface area contributed by atoms with Gasteiger partial charge in [-0.05, 0) is 44.4 Å². The van der Waals surface area contributed by atoms with Crippen LogP contribution >= 0.6 is 0 Å². The van der Waals surface area contributed by atoms with E-state index in [1.54, 1.807) is 6.92 Å². The molecule has 1 fully saturated rings. The first-order chi connectivity index (χ1) is 9.60. The molecule has 3 rings (SSSR count). The Hall–Kier alpha value is -1.58. The third-order valence-corrected chi connectivity index (χ3v) is 4.99. The number of hydrogen-bond donors (Lipinski definition) is 1. The summed E-state index contributed by atoms with van der Waals surface area (Å²) < 4.78 is 5.37. The summed E-state index contributed by atoms with van der Waals surface area (Å²) in [6.45, 7) is 1.83. The molecule has 4 unspecified atom stereocenters. The average Bonchev–Trinajstić information content (AvgIpc) is 3.12. The summed E-state index contributed by atoms with van der Waals surface area (Å²) in [4.78, 5) is 23.9. The van der Waals surface area contributed by atoms with Gasteiger partial charge in [-0.15, -0.1) is 0 Å². The van der Waals surface area contributed by atoms with Gasteiger partial charge in [0.25, 0.3) is 0 Å². The molecule has 0 heterocycles. The van der Waals surface area contributed by atoms with Gasteiger partial charge in [-0.1, -0.05) is 24.3 Å². The van der Waals surface area contributed by atoms with E-state index >= 15 is 0 Å². The van der Waals surface area contributed by atoms with E-state index in [9.17, 15) is 9.59 Å². The molecule has 1 N–H and O–H groups in total. The smallest absolute Gasteiger partial charge is 0.407 e. The van der Waals surface area contributed by atoms with Gasteiger partial charge < -0.3 is 10.1 Å². The first kappa shape index (κ1) is 13.4. The standard InChI is InChI=1S/C16H21NO3/c1-11(18)16(9-12-6-7-13(16)8-12)10-20-15(19)17-14-4-2-3-5-14/h2,4,6-7,12-14H,3,5,8-10H2,1H3,(H,17,19). The van der Waals surface area contributed by atoms with Gasteiger partial charge >= 0.3 is 6.09 Å². The second kappa shape index (κ2) is 5.08. The van der Waals surface area contributed by atoms with E-state index in [2.05, 4.69) is 23.5 Å². The highest BCUT2D eigenvalue weighted by Crippen LogP contribution is 2.52. The Balaban J connectivity index is 1.58. The molecule has 3 aliphatic carbocycles. The quantitative estimate of drug-likeness (QED) is 0.802. The molecule has 0 aromatic heterocycles. The van der Waals surface area contributed by atoms with Crippen molar-refractivity contribution in [2.75, 3.05) is 6.61 Å². The van der Waals surface area contributed by atoms with Crippen LogP contribution in [0.4, 0.5) is 4.79 Å². The van der Waals surface area contributed by atoms with Crippen molar-refractivity contribution < 1.29 is 14.3 Å². The average molecular weight is 275 g/mol. The highest BCUT2D eigenvalue weighted by Gasteiger charge is 2.52. The predicted molar refractivity (Wildman–Crippen MR) is 75.1 cm³/mol. The zero-order valence-electron chi connectivity index (χ0n) is 11.8. The maximum atomic E-state index is 12.1. The van der Waals surface area contributed by atoms with Crippen molar-refractivity contribution in [3.05, 3.63) is 24.3 Å². The Morgan fingerprint density at radius 1 is 1.35 bits per heavy atom. The minimum absolute atomic E-state index is 0.0794. The number of carbonyl (C=O) groups excluding carboxylic acids is 2. The van der Waals surface area contributed by atoms with Gasteiger partial charge in [-0.3, -0.25) is 4.79 Å². The lowest BCUT2D eigenvalue weighted by Crippen LogP contribution is -2.41. The monoisotopic (exact) mass is 275 g/mol. The van der Waals surface area contributed by atoms with Crippen LogP contribution in [0.5, 0.6) is 0 Å². The molecule has 0 aromatic rings. The van der Waals surface area contributed by atoms with Crippen molar-refractivity contribution in [3.8, 4) is 0 Å². The van der Waals surface area contributed by atoms with E-state index in [4.69, 9.17) is 4.74 Å². The van der Waals surface area contributed by atoms with E-state index in [-0.39, 0.29) is 24.3 Å². The van der Waals surface area contributed by atoms with Crippen LogP contribution in [0.2, 0.25) is 0 Å². The number of allylic oxidation sites excluding steroid dienone is 3. The van der Waals surface area contributed by atoms with Crippen LogP contribution in [-0.4, -0.2) is 24.5 Å². The van der Waals surface area contributed by atoms with E-state index in [0.717, 1.165) is 25.7 Å². The van der Waals surface area contributed by atoms with Crippen molar-refractivity contribution >= 4 is 11.9 Å². The van der Waals surface area contributed by atoms with Crippen molar-refractivity contribution in [2.24, 2.45) is 17.3 Å². The predicted octanol–water partition coefficient (Wildman–Crippen LogP) is 2.60. The topological polar surface area (TPSA) is 55.4 Å². The minimum Gasteiger partial charge on any atom is -0.448 e. The lowest BCUT2D eigenvalue weighted by atomic mass is 9.73. The summed E-state index contributed by atoms with van der Waals surface area (Å²) >= 11 is 0. The number of ketones is 1. The Bertz CT molecular complexity index is 482.